The lowest BCUT2D eigenvalue weighted by molar-refractivity contribution is -0.385. The summed E-state index contributed by atoms with van der Waals surface area (Å²) in [5, 5.41) is 14.2. The largest absolute Gasteiger partial charge is 0.329 e. The Morgan fingerprint density at radius 3 is 2.90 bits per heavy atom. The Morgan fingerprint density at radius 1 is 1.52 bits per heavy atom. The predicted molar refractivity (Wildman–Crippen MR) is 80.4 cm³/mol. The first-order chi connectivity index (χ1) is 9.97. The van der Waals surface area contributed by atoms with Crippen molar-refractivity contribution >= 4 is 29.0 Å². The Hall–Kier alpha value is -2.35. The number of benzene rings is 1. The van der Waals surface area contributed by atoms with Crippen molar-refractivity contribution in [2.45, 2.75) is 12.1 Å². The van der Waals surface area contributed by atoms with E-state index in [0.717, 1.165) is 5.16 Å². The van der Waals surface area contributed by atoms with E-state index in [9.17, 15) is 14.9 Å². The molecule has 0 atom stereocenters. The molecule has 0 saturated heterocycles. The molecule has 8 heteroatoms. The van der Waals surface area contributed by atoms with E-state index in [0.29, 0.717) is 11.3 Å². The molecule has 0 bridgehead atoms. The highest BCUT2D eigenvalue weighted by Gasteiger charge is 2.13. The molecule has 7 nitrogen and oxygen atoms in total. The molecule has 2 rings (SSSR count). The molecule has 0 fully saturated rings. The third-order valence-electron chi connectivity index (χ3n) is 2.80. The van der Waals surface area contributed by atoms with Crippen molar-refractivity contribution in [1.82, 2.24) is 9.55 Å². The SMILES string of the molecule is Cc1ccc(NC(=O)CSc2nccn2C)cc1[N+](=O)[O-]. The lowest BCUT2D eigenvalue weighted by Crippen LogP contribution is -2.14. The average Bonchev–Trinajstić information content (AvgIpc) is 2.84. The molecule has 0 saturated carbocycles. The smallest absolute Gasteiger partial charge is 0.274 e. The van der Waals surface area contributed by atoms with Crippen LogP contribution in [0.4, 0.5) is 11.4 Å². The van der Waals surface area contributed by atoms with Gasteiger partial charge in [0.25, 0.3) is 5.69 Å². The molecular weight excluding hydrogens is 292 g/mol. The maximum Gasteiger partial charge on any atom is 0.274 e. The second-order valence-corrected chi connectivity index (χ2v) is 5.36. The number of hydrogen-bond donors (Lipinski definition) is 1. The van der Waals surface area contributed by atoms with Gasteiger partial charge in [-0.3, -0.25) is 14.9 Å². The van der Waals surface area contributed by atoms with Gasteiger partial charge in [-0.15, -0.1) is 0 Å². The number of nitrogens with one attached hydrogen (secondary N) is 1. The highest BCUT2D eigenvalue weighted by atomic mass is 32.2. The molecule has 1 amide bonds. The summed E-state index contributed by atoms with van der Waals surface area (Å²) in [6.07, 6.45) is 3.45. The summed E-state index contributed by atoms with van der Waals surface area (Å²) in [4.78, 5) is 26.3. The van der Waals surface area contributed by atoms with E-state index in [2.05, 4.69) is 10.3 Å². The number of imidazole rings is 1. The second-order valence-electron chi connectivity index (χ2n) is 4.42. The molecule has 21 heavy (non-hydrogen) atoms. The molecular formula is C13H14N4O3S. The Morgan fingerprint density at radius 2 is 2.29 bits per heavy atom. The van der Waals surface area contributed by atoms with Crippen LogP contribution in [0.1, 0.15) is 5.56 Å². The number of rotatable bonds is 5. The highest BCUT2D eigenvalue weighted by Crippen LogP contribution is 2.22. The van der Waals surface area contributed by atoms with E-state index < -0.39 is 4.92 Å². The standard InChI is InChI=1S/C13H14N4O3S/c1-9-3-4-10(7-11(9)17(19)20)15-12(18)8-21-13-14-5-6-16(13)2/h3-7H,8H2,1-2H3,(H,15,18). The van der Waals surface area contributed by atoms with Crippen molar-refractivity contribution in [3.05, 3.63) is 46.3 Å². The van der Waals surface area contributed by atoms with E-state index in [1.807, 2.05) is 11.6 Å². The average molecular weight is 306 g/mol. The van der Waals surface area contributed by atoms with Crippen molar-refractivity contribution in [2.75, 3.05) is 11.1 Å². The summed E-state index contributed by atoms with van der Waals surface area (Å²) in [5.41, 5.74) is 0.961. The van der Waals surface area contributed by atoms with Crippen LogP contribution < -0.4 is 5.32 Å². The van der Waals surface area contributed by atoms with Crippen molar-refractivity contribution in [3.63, 3.8) is 0 Å². The van der Waals surface area contributed by atoms with Crippen LogP contribution in [0.25, 0.3) is 0 Å². The molecule has 0 unspecified atom stereocenters. The molecule has 0 aliphatic carbocycles. The molecule has 110 valence electrons. The van der Waals surface area contributed by atoms with Crippen LogP contribution in [0, 0.1) is 17.0 Å². The number of anilines is 1. The van der Waals surface area contributed by atoms with Crippen LogP contribution in [-0.2, 0) is 11.8 Å². The fourth-order valence-corrected chi connectivity index (χ4v) is 2.43. The molecule has 0 aliphatic rings. The number of aromatic nitrogens is 2. The molecule has 2 aromatic rings. The van der Waals surface area contributed by atoms with Crippen molar-refractivity contribution < 1.29 is 9.72 Å². The highest BCUT2D eigenvalue weighted by molar-refractivity contribution is 7.99. The Bertz CT molecular complexity index is 684. The Kier molecular flexibility index (Phi) is 4.59. The van der Waals surface area contributed by atoms with Gasteiger partial charge in [-0.1, -0.05) is 17.8 Å². The minimum absolute atomic E-state index is 0.00967. The molecule has 1 heterocycles. The number of nitro groups is 1. The van der Waals surface area contributed by atoms with E-state index >= 15 is 0 Å². The van der Waals surface area contributed by atoms with E-state index in [1.54, 1.807) is 31.5 Å². The molecule has 1 N–H and O–H groups in total. The van der Waals surface area contributed by atoms with Gasteiger partial charge in [0.1, 0.15) is 0 Å². The number of thioether (sulfide) groups is 1. The lowest BCUT2D eigenvalue weighted by atomic mass is 10.2. The summed E-state index contributed by atoms with van der Waals surface area (Å²) in [6.45, 7) is 1.65. The van der Waals surface area contributed by atoms with Crippen LogP contribution in [0.5, 0.6) is 0 Å². The third kappa shape index (κ3) is 3.82. The van der Waals surface area contributed by atoms with E-state index in [-0.39, 0.29) is 17.3 Å². The summed E-state index contributed by atoms with van der Waals surface area (Å²) >= 11 is 1.30. The molecule has 1 aromatic heterocycles. The molecule has 0 radical (unpaired) electrons. The summed E-state index contributed by atoms with van der Waals surface area (Å²) in [6, 6.07) is 4.62. The minimum atomic E-state index is -0.465. The fraction of sp³-hybridized carbons (Fsp3) is 0.231. The van der Waals surface area contributed by atoms with E-state index in [4.69, 9.17) is 0 Å². The Labute approximate surface area is 125 Å². The Balaban J connectivity index is 1.98. The third-order valence-corrected chi connectivity index (χ3v) is 3.86. The number of aryl methyl sites for hydroxylation is 2. The quantitative estimate of drug-likeness (QED) is 0.520. The number of nitro benzene ring substituents is 1. The normalized spacial score (nSPS) is 10.4. The van der Waals surface area contributed by atoms with Crippen molar-refractivity contribution in [2.24, 2.45) is 7.05 Å². The second kappa shape index (κ2) is 6.40. The maximum absolute atomic E-state index is 11.8. The van der Waals surface area contributed by atoms with Gasteiger partial charge in [0.05, 0.1) is 10.7 Å². The first-order valence-corrected chi connectivity index (χ1v) is 7.11. The van der Waals surface area contributed by atoms with Crippen LogP contribution in [0.3, 0.4) is 0 Å². The van der Waals surface area contributed by atoms with Gasteiger partial charge in [-0.2, -0.15) is 0 Å². The number of amides is 1. The van der Waals surface area contributed by atoms with Gasteiger partial charge in [0.15, 0.2) is 5.16 Å². The summed E-state index contributed by atoms with van der Waals surface area (Å²) < 4.78 is 1.81. The number of nitrogens with zero attached hydrogens (tertiary/aromatic N) is 3. The first-order valence-electron chi connectivity index (χ1n) is 6.12. The predicted octanol–water partition coefficient (Wildman–Crippen LogP) is 2.37. The monoisotopic (exact) mass is 306 g/mol. The van der Waals surface area contributed by atoms with Crippen LogP contribution in [0.15, 0.2) is 35.7 Å². The van der Waals surface area contributed by atoms with Gasteiger partial charge in [0, 0.05) is 36.8 Å². The van der Waals surface area contributed by atoms with Crippen LogP contribution in [-0.4, -0.2) is 26.1 Å². The topological polar surface area (TPSA) is 90.1 Å². The lowest BCUT2D eigenvalue weighted by Gasteiger charge is -2.06. The van der Waals surface area contributed by atoms with Crippen molar-refractivity contribution in [1.29, 1.82) is 0 Å². The van der Waals surface area contributed by atoms with E-state index in [1.165, 1.54) is 17.8 Å². The van der Waals surface area contributed by atoms with Crippen molar-refractivity contribution in [3.8, 4) is 0 Å². The number of carbonyl (C=O) groups is 1. The zero-order chi connectivity index (χ0) is 15.4. The van der Waals surface area contributed by atoms with Gasteiger partial charge < -0.3 is 9.88 Å². The zero-order valence-electron chi connectivity index (χ0n) is 11.6. The zero-order valence-corrected chi connectivity index (χ0v) is 12.4. The molecule has 0 aliphatic heterocycles. The van der Waals surface area contributed by atoms with Crippen LogP contribution >= 0.6 is 11.8 Å². The first kappa shape index (κ1) is 15.0. The maximum atomic E-state index is 11.8. The van der Waals surface area contributed by atoms with Crippen LogP contribution in [0.2, 0.25) is 0 Å². The number of hydrogen-bond acceptors (Lipinski definition) is 5. The fourth-order valence-electron chi connectivity index (χ4n) is 1.70. The molecule has 0 spiro atoms. The van der Waals surface area contributed by atoms with Gasteiger partial charge in [-0.05, 0) is 13.0 Å². The minimum Gasteiger partial charge on any atom is -0.329 e. The summed E-state index contributed by atoms with van der Waals surface area (Å²) in [5.74, 6) is -0.0480. The number of carbonyl (C=O) groups excluding carboxylic acids is 1. The molecule has 1 aromatic carbocycles. The van der Waals surface area contributed by atoms with Gasteiger partial charge >= 0.3 is 0 Å². The van der Waals surface area contributed by atoms with Gasteiger partial charge in [-0.25, -0.2) is 4.98 Å². The van der Waals surface area contributed by atoms with Gasteiger partial charge in [0.2, 0.25) is 5.91 Å². The summed E-state index contributed by atoms with van der Waals surface area (Å²) in [7, 11) is 1.84.